The molecule has 2 aliphatic carbocycles. The van der Waals surface area contributed by atoms with E-state index in [0.717, 1.165) is 24.3 Å². The number of methoxy groups -OCH3 is 1. The third-order valence-corrected chi connectivity index (χ3v) is 7.07. The molecule has 3 fully saturated rings. The largest absolute Gasteiger partial charge is 0.432 e. The van der Waals surface area contributed by atoms with Gasteiger partial charge in [0.1, 0.15) is 0 Å². The fourth-order valence-corrected chi connectivity index (χ4v) is 5.77. The SMILES string of the molecule is C=C1CCC2C(C)(C)CCCC2(C)C1C/C=C1\CC(OC)OC1=O. The summed E-state index contributed by atoms with van der Waals surface area (Å²) in [5.41, 5.74) is 2.86. The molecule has 1 aliphatic heterocycles. The second-order valence-electron chi connectivity index (χ2n) is 8.89. The Labute approximate surface area is 146 Å². The Balaban J connectivity index is 1.81. The summed E-state index contributed by atoms with van der Waals surface area (Å²) in [7, 11) is 1.58. The Hall–Kier alpha value is -1.09. The van der Waals surface area contributed by atoms with Gasteiger partial charge < -0.3 is 9.47 Å². The van der Waals surface area contributed by atoms with Crippen molar-refractivity contribution in [3.63, 3.8) is 0 Å². The molecule has 134 valence electrons. The molecular formula is C21H32O3. The molecule has 0 bridgehead atoms. The molecule has 0 spiro atoms. The van der Waals surface area contributed by atoms with E-state index in [9.17, 15) is 4.79 Å². The summed E-state index contributed by atoms with van der Waals surface area (Å²) in [6.45, 7) is 11.8. The second-order valence-corrected chi connectivity index (χ2v) is 8.89. The number of carbonyl (C=O) groups is 1. The number of rotatable bonds is 3. The molecule has 1 saturated heterocycles. The molecule has 0 N–H and O–H groups in total. The molecule has 3 nitrogen and oxygen atoms in total. The first-order valence-corrected chi connectivity index (χ1v) is 9.38. The Morgan fingerprint density at radius 2 is 2.08 bits per heavy atom. The van der Waals surface area contributed by atoms with Gasteiger partial charge in [0, 0.05) is 19.1 Å². The maximum absolute atomic E-state index is 12.0. The lowest BCUT2D eigenvalue weighted by Crippen LogP contribution is -2.49. The van der Waals surface area contributed by atoms with Crippen molar-refractivity contribution in [3.8, 4) is 0 Å². The average molecular weight is 332 g/mol. The molecule has 3 heteroatoms. The maximum atomic E-state index is 12.0. The highest BCUT2D eigenvalue weighted by Gasteiger charge is 2.52. The Bertz CT molecular complexity index is 559. The van der Waals surface area contributed by atoms with Crippen LogP contribution in [0.1, 0.15) is 65.7 Å². The lowest BCUT2D eigenvalue weighted by Gasteiger charge is -2.58. The lowest BCUT2D eigenvalue weighted by atomic mass is 9.47. The van der Waals surface area contributed by atoms with Gasteiger partial charge in [0.2, 0.25) is 6.29 Å². The van der Waals surface area contributed by atoms with E-state index >= 15 is 0 Å². The molecule has 0 amide bonds. The highest BCUT2D eigenvalue weighted by molar-refractivity contribution is 5.90. The molecule has 4 atom stereocenters. The number of hydrogen-bond donors (Lipinski definition) is 0. The van der Waals surface area contributed by atoms with Crippen molar-refractivity contribution in [1.82, 2.24) is 0 Å². The molecule has 0 aromatic heterocycles. The number of allylic oxidation sites excluding steroid dienone is 2. The van der Waals surface area contributed by atoms with Crippen LogP contribution in [0.5, 0.6) is 0 Å². The molecule has 24 heavy (non-hydrogen) atoms. The summed E-state index contributed by atoms with van der Waals surface area (Å²) >= 11 is 0. The van der Waals surface area contributed by atoms with Crippen molar-refractivity contribution in [1.29, 1.82) is 0 Å². The van der Waals surface area contributed by atoms with Crippen LogP contribution in [0.2, 0.25) is 0 Å². The van der Waals surface area contributed by atoms with Crippen LogP contribution in [-0.4, -0.2) is 19.4 Å². The first-order chi connectivity index (χ1) is 11.3. The standard InChI is InChI=1S/C21H32O3/c1-14-7-10-17-20(2,3)11-6-12-21(17,4)16(14)9-8-15-13-18(23-5)24-19(15)22/h8,16-18H,1,6-7,9-13H2,2-5H3/b15-8+. The topological polar surface area (TPSA) is 35.5 Å². The molecular weight excluding hydrogens is 300 g/mol. The van der Waals surface area contributed by atoms with Gasteiger partial charge in [-0.1, -0.05) is 45.4 Å². The quantitative estimate of drug-likeness (QED) is 0.413. The minimum atomic E-state index is -0.407. The summed E-state index contributed by atoms with van der Waals surface area (Å²) in [4.78, 5) is 12.0. The summed E-state index contributed by atoms with van der Waals surface area (Å²) in [6.07, 6.45) is 9.47. The van der Waals surface area contributed by atoms with Crippen molar-refractivity contribution in [2.45, 2.75) is 72.0 Å². The van der Waals surface area contributed by atoms with Crippen LogP contribution in [0.25, 0.3) is 0 Å². The monoisotopic (exact) mass is 332 g/mol. The van der Waals surface area contributed by atoms with Crippen LogP contribution in [0.15, 0.2) is 23.8 Å². The van der Waals surface area contributed by atoms with E-state index in [-0.39, 0.29) is 5.97 Å². The predicted molar refractivity (Wildman–Crippen MR) is 95.3 cm³/mol. The molecule has 3 rings (SSSR count). The number of carbonyl (C=O) groups excluding carboxylic acids is 1. The van der Waals surface area contributed by atoms with Gasteiger partial charge in [-0.2, -0.15) is 0 Å². The first kappa shape index (κ1) is 17.7. The molecule has 0 aromatic carbocycles. The molecule has 0 aromatic rings. The summed E-state index contributed by atoms with van der Waals surface area (Å²) in [5.74, 6) is 1.00. The van der Waals surface area contributed by atoms with Gasteiger partial charge in [0.05, 0.1) is 0 Å². The summed E-state index contributed by atoms with van der Waals surface area (Å²) < 4.78 is 10.4. The van der Waals surface area contributed by atoms with Gasteiger partial charge in [-0.25, -0.2) is 4.79 Å². The Morgan fingerprint density at radius 3 is 2.75 bits per heavy atom. The number of hydrogen-bond acceptors (Lipinski definition) is 3. The van der Waals surface area contributed by atoms with Crippen molar-refractivity contribution in [2.24, 2.45) is 22.7 Å². The number of cyclic esters (lactones) is 1. The predicted octanol–water partition coefficient (Wildman–Crippen LogP) is 5.02. The lowest BCUT2D eigenvalue weighted by molar-refractivity contribution is -0.156. The zero-order chi connectivity index (χ0) is 17.5. The van der Waals surface area contributed by atoms with E-state index in [4.69, 9.17) is 9.47 Å². The van der Waals surface area contributed by atoms with Gasteiger partial charge in [0.15, 0.2) is 0 Å². The van der Waals surface area contributed by atoms with Crippen molar-refractivity contribution in [3.05, 3.63) is 23.8 Å². The third-order valence-electron chi connectivity index (χ3n) is 7.07. The molecule has 2 saturated carbocycles. The Kier molecular flexibility index (Phi) is 4.67. The highest BCUT2D eigenvalue weighted by atomic mass is 16.7. The zero-order valence-corrected chi connectivity index (χ0v) is 15.7. The molecule has 1 heterocycles. The first-order valence-electron chi connectivity index (χ1n) is 9.38. The fraction of sp³-hybridized carbons (Fsp3) is 0.762. The van der Waals surface area contributed by atoms with Crippen molar-refractivity contribution < 1.29 is 14.3 Å². The smallest absolute Gasteiger partial charge is 0.336 e. The van der Waals surface area contributed by atoms with Crippen LogP contribution in [0.4, 0.5) is 0 Å². The van der Waals surface area contributed by atoms with Crippen LogP contribution >= 0.6 is 0 Å². The minimum absolute atomic E-state index is 0.214. The van der Waals surface area contributed by atoms with Crippen LogP contribution < -0.4 is 0 Å². The van der Waals surface area contributed by atoms with E-state index in [1.807, 2.05) is 0 Å². The van der Waals surface area contributed by atoms with E-state index < -0.39 is 6.29 Å². The highest BCUT2D eigenvalue weighted by Crippen LogP contribution is 2.61. The normalized spacial score (nSPS) is 40.5. The summed E-state index contributed by atoms with van der Waals surface area (Å²) in [5, 5.41) is 0. The van der Waals surface area contributed by atoms with Crippen molar-refractivity contribution in [2.75, 3.05) is 7.11 Å². The van der Waals surface area contributed by atoms with Gasteiger partial charge in [0.25, 0.3) is 0 Å². The molecule has 3 aliphatic rings. The van der Waals surface area contributed by atoms with Gasteiger partial charge >= 0.3 is 5.97 Å². The van der Waals surface area contributed by atoms with E-state index in [0.29, 0.717) is 23.2 Å². The Morgan fingerprint density at radius 1 is 1.33 bits per heavy atom. The fourth-order valence-electron chi connectivity index (χ4n) is 5.77. The van der Waals surface area contributed by atoms with E-state index in [1.165, 1.54) is 31.3 Å². The van der Waals surface area contributed by atoms with Gasteiger partial charge in [-0.15, -0.1) is 0 Å². The minimum Gasteiger partial charge on any atom is -0.432 e. The van der Waals surface area contributed by atoms with Crippen LogP contribution in [0, 0.1) is 22.7 Å². The second kappa shape index (κ2) is 6.33. The zero-order valence-electron chi connectivity index (χ0n) is 15.7. The van der Waals surface area contributed by atoms with Crippen molar-refractivity contribution >= 4 is 5.97 Å². The summed E-state index contributed by atoms with van der Waals surface area (Å²) in [6, 6.07) is 0. The van der Waals surface area contributed by atoms with Crippen LogP contribution in [0.3, 0.4) is 0 Å². The van der Waals surface area contributed by atoms with Gasteiger partial charge in [-0.3, -0.25) is 0 Å². The molecule has 4 unspecified atom stereocenters. The third kappa shape index (κ3) is 2.96. The maximum Gasteiger partial charge on any atom is 0.336 e. The number of esters is 1. The van der Waals surface area contributed by atoms with Gasteiger partial charge in [-0.05, 0) is 54.8 Å². The average Bonchev–Trinajstić information content (AvgIpc) is 2.86. The number of fused-ring (bicyclic) bond motifs is 1. The van der Waals surface area contributed by atoms with E-state index in [1.54, 1.807) is 7.11 Å². The van der Waals surface area contributed by atoms with E-state index in [2.05, 4.69) is 33.4 Å². The number of ether oxygens (including phenoxy) is 2. The van der Waals surface area contributed by atoms with Crippen LogP contribution in [-0.2, 0) is 14.3 Å². The molecule has 0 radical (unpaired) electrons.